The molecule has 31 heavy (non-hydrogen) atoms. The number of ether oxygens (including phenoxy) is 2. The van der Waals surface area contributed by atoms with Crippen LogP contribution in [-0.2, 0) is 19.1 Å². The largest absolute Gasteiger partial charge is 0.467 e. The fourth-order valence-corrected chi connectivity index (χ4v) is 4.14. The lowest BCUT2D eigenvalue weighted by molar-refractivity contribution is -0.154. The Morgan fingerprint density at radius 3 is 2.55 bits per heavy atom. The van der Waals surface area contributed by atoms with E-state index in [0.717, 1.165) is 19.3 Å². The third-order valence-electron chi connectivity index (χ3n) is 6.48. The van der Waals surface area contributed by atoms with Crippen molar-refractivity contribution in [3.05, 3.63) is 23.9 Å². The standard InChI is InChI=1S/C22H29F2N3O4/c1-14-4-7-17(31-11-15-5-6-15)18(27-12-22(23,24)13-27)25-10-16(14)19(28)26-21(8-3-9-21)20(29)30-2/h10,15,17H,1,3-9,11-13H2,2H3,(H,26,28). The molecule has 1 atom stereocenters. The number of carbonyl (C=O) groups excluding carboxylic acids is 2. The van der Waals surface area contributed by atoms with Gasteiger partial charge >= 0.3 is 5.97 Å². The fourth-order valence-electron chi connectivity index (χ4n) is 4.14. The first kappa shape index (κ1) is 21.9. The van der Waals surface area contributed by atoms with Gasteiger partial charge in [-0.15, -0.1) is 0 Å². The number of amides is 1. The zero-order chi connectivity index (χ0) is 22.2. The number of aliphatic imine (C=N–C) groups is 1. The summed E-state index contributed by atoms with van der Waals surface area (Å²) in [6.45, 7) is 3.79. The van der Waals surface area contributed by atoms with Crippen LogP contribution in [0.3, 0.4) is 0 Å². The van der Waals surface area contributed by atoms with E-state index in [4.69, 9.17) is 9.47 Å². The fraction of sp³-hybridized carbons (Fsp3) is 0.682. The van der Waals surface area contributed by atoms with Crippen molar-refractivity contribution >= 4 is 17.7 Å². The van der Waals surface area contributed by atoms with Gasteiger partial charge in [0.05, 0.1) is 32.4 Å². The molecule has 1 unspecified atom stereocenters. The van der Waals surface area contributed by atoms with E-state index in [0.29, 0.717) is 49.6 Å². The van der Waals surface area contributed by atoms with Crippen LogP contribution in [0.15, 0.2) is 28.9 Å². The van der Waals surface area contributed by atoms with Crippen LogP contribution in [0.4, 0.5) is 8.78 Å². The zero-order valence-electron chi connectivity index (χ0n) is 17.8. The number of esters is 1. The smallest absolute Gasteiger partial charge is 0.331 e. The summed E-state index contributed by atoms with van der Waals surface area (Å²) in [6.07, 6.45) is 6.02. The van der Waals surface area contributed by atoms with Gasteiger partial charge in [0, 0.05) is 6.20 Å². The monoisotopic (exact) mass is 437 g/mol. The zero-order valence-corrected chi connectivity index (χ0v) is 17.8. The van der Waals surface area contributed by atoms with Gasteiger partial charge in [-0.25, -0.2) is 18.6 Å². The van der Waals surface area contributed by atoms with Crippen molar-refractivity contribution in [2.45, 2.75) is 62.5 Å². The van der Waals surface area contributed by atoms with Gasteiger partial charge in [-0.3, -0.25) is 4.79 Å². The van der Waals surface area contributed by atoms with Crippen molar-refractivity contribution in [1.82, 2.24) is 10.2 Å². The third kappa shape index (κ3) is 4.66. The van der Waals surface area contributed by atoms with Gasteiger partial charge in [-0.2, -0.15) is 0 Å². The molecule has 0 bridgehead atoms. The average molecular weight is 437 g/mol. The van der Waals surface area contributed by atoms with Crippen LogP contribution in [0, 0.1) is 5.92 Å². The first-order chi connectivity index (χ1) is 14.7. The normalized spacial score (nSPS) is 27.0. The third-order valence-corrected chi connectivity index (χ3v) is 6.48. The lowest BCUT2D eigenvalue weighted by atomic mass is 9.76. The Morgan fingerprint density at radius 1 is 1.29 bits per heavy atom. The Kier molecular flexibility index (Phi) is 5.89. The summed E-state index contributed by atoms with van der Waals surface area (Å²) < 4.78 is 37.9. The number of alkyl halides is 2. The van der Waals surface area contributed by atoms with E-state index in [-0.39, 0.29) is 5.57 Å². The molecule has 170 valence electrons. The maximum absolute atomic E-state index is 13.5. The highest BCUT2D eigenvalue weighted by atomic mass is 19.3. The van der Waals surface area contributed by atoms with Gasteiger partial charge in [0.25, 0.3) is 11.8 Å². The first-order valence-corrected chi connectivity index (χ1v) is 10.8. The quantitative estimate of drug-likeness (QED) is 0.646. The lowest BCUT2D eigenvalue weighted by Gasteiger charge is -2.43. The van der Waals surface area contributed by atoms with Gasteiger partial charge in [-0.1, -0.05) is 6.58 Å². The Morgan fingerprint density at radius 2 is 2.00 bits per heavy atom. The number of nitrogens with zero attached hydrogens (tertiary/aromatic N) is 2. The number of methoxy groups -OCH3 is 1. The Labute approximate surface area is 180 Å². The van der Waals surface area contributed by atoms with Crippen molar-refractivity contribution in [3.63, 3.8) is 0 Å². The van der Waals surface area contributed by atoms with Gasteiger partial charge in [0.15, 0.2) is 0 Å². The van der Waals surface area contributed by atoms with Gasteiger partial charge in [0.1, 0.15) is 17.5 Å². The SMILES string of the molecule is C=C1CCC(OCC2CC2)C(N2CC(F)(F)C2)=NC=C1C(=O)NC1(C(=O)OC)CCC1. The molecule has 2 saturated carbocycles. The maximum atomic E-state index is 13.5. The number of carbonyl (C=O) groups is 2. The highest BCUT2D eigenvalue weighted by Crippen LogP contribution is 2.35. The average Bonchev–Trinajstić information content (AvgIpc) is 3.49. The van der Waals surface area contributed by atoms with Gasteiger partial charge in [0.2, 0.25) is 0 Å². The van der Waals surface area contributed by atoms with Crippen LogP contribution in [0.1, 0.15) is 44.9 Å². The van der Waals surface area contributed by atoms with Crippen molar-refractivity contribution in [1.29, 1.82) is 0 Å². The molecule has 0 aromatic heterocycles. The minimum absolute atomic E-state index is 0.251. The number of nitrogens with one attached hydrogen (secondary N) is 1. The number of halogens is 2. The summed E-state index contributed by atoms with van der Waals surface area (Å²) in [6, 6.07) is 0. The van der Waals surface area contributed by atoms with Gasteiger partial charge in [-0.05, 0) is 56.4 Å². The lowest BCUT2D eigenvalue weighted by Crippen LogP contribution is -2.61. The second-order valence-corrected chi connectivity index (χ2v) is 9.03. The molecule has 0 radical (unpaired) electrons. The Balaban J connectivity index is 1.55. The Bertz CT molecular complexity index is 823. The summed E-state index contributed by atoms with van der Waals surface area (Å²) in [5.41, 5.74) is -0.189. The van der Waals surface area contributed by atoms with Crippen LogP contribution in [0.2, 0.25) is 0 Å². The summed E-state index contributed by atoms with van der Waals surface area (Å²) in [5, 5.41) is 2.80. The molecule has 9 heteroatoms. The summed E-state index contributed by atoms with van der Waals surface area (Å²) >= 11 is 0. The molecule has 1 N–H and O–H groups in total. The summed E-state index contributed by atoms with van der Waals surface area (Å²) in [5.74, 6) is -2.71. The van der Waals surface area contributed by atoms with E-state index in [1.807, 2.05) is 0 Å². The predicted molar refractivity (Wildman–Crippen MR) is 110 cm³/mol. The minimum Gasteiger partial charge on any atom is -0.467 e. The van der Waals surface area contributed by atoms with Crippen LogP contribution in [0.25, 0.3) is 0 Å². The predicted octanol–water partition coefficient (Wildman–Crippen LogP) is 2.58. The summed E-state index contributed by atoms with van der Waals surface area (Å²) in [4.78, 5) is 31.1. The molecule has 3 fully saturated rings. The topological polar surface area (TPSA) is 80.2 Å². The molecule has 0 aromatic carbocycles. The maximum Gasteiger partial charge on any atom is 0.331 e. The molecule has 0 aromatic rings. The molecule has 2 aliphatic carbocycles. The van der Waals surface area contributed by atoms with Crippen molar-refractivity contribution in [2.24, 2.45) is 10.9 Å². The molecule has 1 saturated heterocycles. The molecule has 7 nitrogen and oxygen atoms in total. The van der Waals surface area contributed by atoms with E-state index in [2.05, 4.69) is 16.9 Å². The van der Waals surface area contributed by atoms with Crippen LogP contribution in [-0.4, -0.2) is 67.0 Å². The number of hydrogen-bond donors (Lipinski definition) is 1. The van der Waals surface area contributed by atoms with E-state index >= 15 is 0 Å². The van der Waals surface area contributed by atoms with Crippen molar-refractivity contribution in [2.75, 3.05) is 26.8 Å². The number of rotatable bonds is 6. The molecular formula is C22H29F2N3O4. The first-order valence-electron chi connectivity index (χ1n) is 10.8. The molecule has 2 heterocycles. The van der Waals surface area contributed by atoms with Crippen LogP contribution in [0.5, 0.6) is 0 Å². The number of likely N-dealkylation sites (tertiary alicyclic amines) is 1. The molecular weight excluding hydrogens is 408 g/mol. The highest BCUT2D eigenvalue weighted by molar-refractivity contribution is 6.01. The second kappa shape index (κ2) is 8.33. The van der Waals surface area contributed by atoms with E-state index in [1.165, 1.54) is 18.2 Å². The minimum atomic E-state index is -2.74. The molecule has 0 spiro atoms. The van der Waals surface area contributed by atoms with Crippen LogP contribution >= 0.6 is 0 Å². The number of amidine groups is 1. The second-order valence-electron chi connectivity index (χ2n) is 9.03. The molecule has 2 aliphatic heterocycles. The van der Waals surface area contributed by atoms with Crippen molar-refractivity contribution in [3.8, 4) is 0 Å². The molecule has 4 rings (SSSR count). The van der Waals surface area contributed by atoms with Crippen molar-refractivity contribution < 1.29 is 27.8 Å². The van der Waals surface area contributed by atoms with E-state index < -0.39 is 42.5 Å². The number of hydrogen-bond acceptors (Lipinski definition) is 6. The van der Waals surface area contributed by atoms with Gasteiger partial charge < -0.3 is 19.7 Å². The van der Waals surface area contributed by atoms with E-state index in [1.54, 1.807) is 0 Å². The summed E-state index contributed by atoms with van der Waals surface area (Å²) in [7, 11) is 1.30. The Hall–Kier alpha value is -2.29. The van der Waals surface area contributed by atoms with Crippen LogP contribution < -0.4 is 5.32 Å². The highest BCUT2D eigenvalue weighted by Gasteiger charge is 2.48. The molecule has 1 amide bonds. The molecule has 4 aliphatic rings. The van der Waals surface area contributed by atoms with E-state index in [9.17, 15) is 18.4 Å².